The first-order valence-electron chi connectivity index (χ1n) is 5.31. The van der Waals surface area contributed by atoms with Crippen molar-refractivity contribution < 1.29 is 0 Å². The van der Waals surface area contributed by atoms with Gasteiger partial charge < -0.3 is 5.32 Å². The smallest absolute Gasteiger partial charge is 0.0924 e. The van der Waals surface area contributed by atoms with Crippen LogP contribution in [0.25, 0.3) is 10.9 Å². The fourth-order valence-electron chi connectivity index (χ4n) is 1.63. The Balaban J connectivity index is 2.69. The standard InChI is InChI=1S/C12H11Cl3N2/c1-2-4-16-9-3-5-17-12-8(14)6-7(13)11(15)10(9)12/h3,5-6H,2,4H2,1H3,(H,16,17). The number of rotatable bonds is 3. The summed E-state index contributed by atoms with van der Waals surface area (Å²) in [6, 6.07) is 3.49. The highest BCUT2D eigenvalue weighted by atomic mass is 35.5. The van der Waals surface area contributed by atoms with Gasteiger partial charge in [0.2, 0.25) is 0 Å². The highest BCUT2D eigenvalue weighted by Crippen LogP contribution is 2.38. The van der Waals surface area contributed by atoms with Crippen molar-refractivity contribution >= 4 is 51.4 Å². The molecule has 0 atom stereocenters. The number of benzene rings is 1. The van der Waals surface area contributed by atoms with Gasteiger partial charge in [-0.05, 0) is 18.6 Å². The maximum absolute atomic E-state index is 6.21. The van der Waals surface area contributed by atoms with Crippen LogP contribution in [-0.4, -0.2) is 11.5 Å². The van der Waals surface area contributed by atoms with Gasteiger partial charge in [-0.15, -0.1) is 0 Å². The van der Waals surface area contributed by atoms with Crippen molar-refractivity contribution in [2.24, 2.45) is 0 Å². The molecule has 1 N–H and O–H groups in total. The molecule has 0 unspecified atom stereocenters. The zero-order valence-electron chi connectivity index (χ0n) is 9.23. The van der Waals surface area contributed by atoms with E-state index in [2.05, 4.69) is 17.2 Å². The molecule has 0 saturated carbocycles. The molecule has 0 amide bonds. The minimum Gasteiger partial charge on any atom is -0.384 e. The maximum Gasteiger partial charge on any atom is 0.0924 e. The van der Waals surface area contributed by atoms with E-state index in [1.807, 2.05) is 6.07 Å². The van der Waals surface area contributed by atoms with Crippen LogP contribution in [0.3, 0.4) is 0 Å². The van der Waals surface area contributed by atoms with E-state index in [1.54, 1.807) is 12.3 Å². The average molecular weight is 290 g/mol. The Labute approximate surface area is 115 Å². The molecule has 0 aliphatic heterocycles. The molecule has 0 radical (unpaired) electrons. The molecule has 2 rings (SSSR count). The highest BCUT2D eigenvalue weighted by molar-refractivity contribution is 6.48. The van der Waals surface area contributed by atoms with Gasteiger partial charge in [-0.3, -0.25) is 4.98 Å². The fourth-order valence-corrected chi connectivity index (χ4v) is 2.39. The fraction of sp³-hybridized carbons (Fsp3) is 0.250. The Morgan fingerprint density at radius 2 is 2.00 bits per heavy atom. The molecular formula is C12H11Cl3N2. The molecule has 0 fully saturated rings. The van der Waals surface area contributed by atoms with Crippen molar-refractivity contribution in [3.8, 4) is 0 Å². The van der Waals surface area contributed by atoms with Gasteiger partial charge in [0.15, 0.2) is 0 Å². The van der Waals surface area contributed by atoms with Crippen LogP contribution in [0.2, 0.25) is 15.1 Å². The highest BCUT2D eigenvalue weighted by Gasteiger charge is 2.12. The van der Waals surface area contributed by atoms with Crippen molar-refractivity contribution in [3.05, 3.63) is 33.4 Å². The van der Waals surface area contributed by atoms with E-state index in [-0.39, 0.29) is 0 Å². The molecular weight excluding hydrogens is 279 g/mol. The summed E-state index contributed by atoms with van der Waals surface area (Å²) in [7, 11) is 0. The van der Waals surface area contributed by atoms with Gasteiger partial charge in [0.1, 0.15) is 0 Å². The molecule has 0 bridgehead atoms. The molecule has 5 heteroatoms. The summed E-state index contributed by atoms with van der Waals surface area (Å²) >= 11 is 18.3. The summed E-state index contributed by atoms with van der Waals surface area (Å²) in [6.07, 6.45) is 2.73. The molecule has 1 heterocycles. The van der Waals surface area contributed by atoms with Crippen LogP contribution in [0.5, 0.6) is 0 Å². The molecule has 0 aliphatic rings. The van der Waals surface area contributed by atoms with Gasteiger partial charge in [-0.2, -0.15) is 0 Å². The Morgan fingerprint density at radius 3 is 2.71 bits per heavy atom. The topological polar surface area (TPSA) is 24.9 Å². The Morgan fingerprint density at radius 1 is 1.24 bits per heavy atom. The molecule has 1 aromatic carbocycles. The van der Waals surface area contributed by atoms with E-state index in [0.29, 0.717) is 20.6 Å². The minimum atomic E-state index is 0.441. The van der Waals surface area contributed by atoms with Crippen molar-refractivity contribution in [3.63, 3.8) is 0 Å². The molecule has 0 spiro atoms. The second-order valence-electron chi connectivity index (χ2n) is 3.66. The van der Waals surface area contributed by atoms with Gasteiger partial charge in [-0.1, -0.05) is 41.7 Å². The Bertz CT molecular complexity index is 555. The summed E-state index contributed by atoms with van der Waals surface area (Å²) in [6.45, 7) is 2.96. The van der Waals surface area contributed by atoms with Gasteiger partial charge in [0.05, 0.1) is 20.6 Å². The van der Waals surface area contributed by atoms with Crippen LogP contribution >= 0.6 is 34.8 Å². The number of nitrogens with one attached hydrogen (secondary N) is 1. The van der Waals surface area contributed by atoms with Gasteiger partial charge in [0, 0.05) is 23.8 Å². The van der Waals surface area contributed by atoms with E-state index in [4.69, 9.17) is 34.8 Å². The predicted octanol–water partition coefficient (Wildman–Crippen LogP) is 5.02. The summed E-state index contributed by atoms with van der Waals surface area (Å²) in [5.74, 6) is 0. The van der Waals surface area contributed by atoms with Crippen LogP contribution < -0.4 is 5.32 Å². The lowest BCUT2D eigenvalue weighted by molar-refractivity contribution is 0.981. The lowest BCUT2D eigenvalue weighted by Gasteiger charge is -2.11. The van der Waals surface area contributed by atoms with Gasteiger partial charge >= 0.3 is 0 Å². The number of anilines is 1. The Kier molecular flexibility index (Phi) is 3.97. The van der Waals surface area contributed by atoms with Gasteiger partial charge in [0.25, 0.3) is 0 Å². The summed E-state index contributed by atoms with van der Waals surface area (Å²) in [5.41, 5.74) is 1.58. The number of nitrogens with zero attached hydrogens (tertiary/aromatic N) is 1. The summed E-state index contributed by atoms with van der Waals surface area (Å²) in [4.78, 5) is 4.24. The summed E-state index contributed by atoms with van der Waals surface area (Å²) in [5, 5.41) is 5.50. The molecule has 1 aromatic heterocycles. The minimum absolute atomic E-state index is 0.441. The van der Waals surface area contributed by atoms with E-state index in [0.717, 1.165) is 24.0 Å². The van der Waals surface area contributed by atoms with Gasteiger partial charge in [-0.25, -0.2) is 0 Å². The first kappa shape index (κ1) is 12.7. The van der Waals surface area contributed by atoms with Crippen LogP contribution in [0.1, 0.15) is 13.3 Å². The number of hydrogen-bond acceptors (Lipinski definition) is 2. The van der Waals surface area contributed by atoms with Crippen molar-refractivity contribution in [1.82, 2.24) is 4.98 Å². The van der Waals surface area contributed by atoms with E-state index in [1.165, 1.54) is 0 Å². The van der Waals surface area contributed by atoms with E-state index in [9.17, 15) is 0 Å². The van der Waals surface area contributed by atoms with Crippen LogP contribution in [0.15, 0.2) is 18.3 Å². The number of aromatic nitrogens is 1. The largest absolute Gasteiger partial charge is 0.384 e. The third kappa shape index (κ3) is 2.44. The number of fused-ring (bicyclic) bond motifs is 1. The molecule has 17 heavy (non-hydrogen) atoms. The first-order chi connectivity index (χ1) is 8.15. The van der Waals surface area contributed by atoms with E-state index < -0.39 is 0 Å². The predicted molar refractivity (Wildman–Crippen MR) is 75.6 cm³/mol. The number of pyridine rings is 1. The normalized spacial score (nSPS) is 10.8. The molecule has 0 aliphatic carbocycles. The van der Waals surface area contributed by atoms with Crippen molar-refractivity contribution in [2.75, 3.05) is 11.9 Å². The zero-order chi connectivity index (χ0) is 12.4. The van der Waals surface area contributed by atoms with Crippen molar-refractivity contribution in [2.45, 2.75) is 13.3 Å². The second-order valence-corrected chi connectivity index (χ2v) is 4.86. The molecule has 0 saturated heterocycles. The summed E-state index contributed by atoms with van der Waals surface area (Å²) < 4.78 is 0. The quantitative estimate of drug-likeness (QED) is 0.803. The SMILES string of the molecule is CCCNc1ccnc2c(Cl)cc(Cl)c(Cl)c12. The molecule has 90 valence electrons. The number of hydrogen-bond donors (Lipinski definition) is 1. The first-order valence-corrected chi connectivity index (χ1v) is 6.44. The number of halogens is 3. The van der Waals surface area contributed by atoms with E-state index >= 15 is 0 Å². The maximum atomic E-state index is 6.21. The average Bonchev–Trinajstić information content (AvgIpc) is 2.33. The Hall–Kier alpha value is -0.700. The third-order valence-electron chi connectivity index (χ3n) is 2.43. The second kappa shape index (κ2) is 5.30. The van der Waals surface area contributed by atoms with Crippen LogP contribution in [-0.2, 0) is 0 Å². The third-order valence-corrected chi connectivity index (χ3v) is 3.50. The lowest BCUT2D eigenvalue weighted by Crippen LogP contribution is -2.01. The molecule has 2 nitrogen and oxygen atoms in total. The van der Waals surface area contributed by atoms with Crippen LogP contribution in [0.4, 0.5) is 5.69 Å². The zero-order valence-corrected chi connectivity index (χ0v) is 11.5. The molecule has 2 aromatic rings. The lowest BCUT2D eigenvalue weighted by atomic mass is 10.2. The monoisotopic (exact) mass is 288 g/mol. The van der Waals surface area contributed by atoms with Crippen molar-refractivity contribution in [1.29, 1.82) is 0 Å². The van der Waals surface area contributed by atoms with Crippen LogP contribution in [0, 0.1) is 0 Å².